The number of carbonyl (C=O) groups excluding carboxylic acids is 1. The van der Waals surface area contributed by atoms with Gasteiger partial charge in [0, 0.05) is 18.5 Å². The van der Waals surface area contributed by atoms with Gasteiger partial charge < -0.3 is 16.2 Å². The molecule has 0 aromatic carbocycles. The minimum Gasteiger partial charge on any atom is -0.481 e. The Kier molecular flexibility index (Phi) is 5.99. The number of nitrogens with two attached hydrogens (primary N) is 1. The first kappa shape index (κ1) is 17.0. The summed E-state index contributed by atoms with van der Waals surface area (Å²) in [4.78, 5) is 22.9. The lowest BCUT2D eigenvalue weighted by Gasteiger charge is -2.36. The molecule has 116 valence electrons. The third-order valence-corrected chi connectivity index (χ3v) is 4.10. The third kappa shape index (κ3) is 6.37. The predicted octanol–water partition coefficient (Wildman–Crippen LogP) is 2.05. The molecule has 0 radical (unpaired) electrons. The molecule has 0 aromatic heterocycles. The number of carbonyl (C=O) groups is 2. The number of hydrogen-bond acceptors (Lipinski definition) is 3. The van der Waals surface area contributed by atoms with E-state index in [0.29, 0.717) is 19.4 Å². The van der Waals surface area contributed by atoms with Crippen molar-refractivity contribution in [2.24, 2.45) is 11.1 Å². The van der Waals surface area contributed by atoms with E-state index in [0.717, 1.165) is 32.1 Å². The number of carboxylic acid groups (broad SMARTS) is 1. The normalized spacial score (nSPS) is 18.6. The average Bonchev–Trinajstić information content (AvgIpc) is 2.33. The molecule has 1 aliphatic carbocycles. The number of aliphatic carboxylic acids is 1. The van der Waals surface area contributed by atoms with Crippen molar-refractivity contribution in [1.29, 1.82) is 0 Å². The Morgan fingerprint density at radius 3 is 2.35 bits per heavy atom. The molecular formula is C15H28N2O3. The smallest absolute Gasteiger partial charge is 0.303 e. The topological polar surface area (TPSA) is 92.4 Å². The molecule has 1 aliphatic rings. The van der Waals surface area contributed by atoms with E-state index in [4.69, 9.17) is 10.8 Å². The number of amides is 1. The second kappa shape index (κ2) is 7.07. The Hall–Kier alpha value is -1.10. The lowest BCUT2D eigenvalue weighted by molar-refractivity contribution is -0.140. The summed E-state index contributed by atoms with van der Waals surface area (Å²) in [5.74, 6) is -0.803. The monoisotopic (exact) mass is 284 g/mol. The highest BCUT2D eigenvalue weighted by atomic mass is 16.4. The molecule has 4 N–H and O–H groups in total. The van der Waals surface area contributed by atoms with Gasteiger partial charge in [0.05, 0.1) is 6.42 Å². The van der Waals surface area contributed by atoms with Gasteiger partial charge in [-0.2, -0.15) is 0 Å². The van der Waals surface area contributed by atoms with Gasteiger partial charge in [-0.05, 0) is 38.5 Å². The Morgan fingerprint density at radius 2 is 1.85 bits per heavy atom. The van der Waals surface area contributed by atoms with Gasteiger partial charge in [-0.15, -0.1) is 0 Å². The molecule has 20 heavy (non-hydrogen) atoms. The molecule has 0 unspecified atom stereocenters. The van der Waals surface area contributed by atoms with E-state index in [9.17, 15) is 9.59 Å². The molecule has 1 rings (SSSR count). The fourth-order valence-electron chi connectivity index (χ4n) is 2.85. The van der Waals surface area contributed by atoms with Gasteiger partial charge >= 0.3 is 5.97 Å². The maximum Gasteiger partial charge on any atom is 0.303 e. The summed E-state index contributed by atoms with van der Waals surface area (Å²) in [7, 11) is 0. The van der Waals surface area contributed by atoms with Gasteiger partial charge in [0.2, 0.25) is 5.91 Å². The molecule has 5 heteroatoms. The Bertz CT molecular complexity index is 342. The van der Waals surface area contributed by atoms with E-state index in [1.165, 1.54) is 0 Å². The van der Waals surface area contributed by atoms with Gasteiger partial charge in [0.25, 0.3) is 0 Å². The van der Waals surface area contributed by atoms with E-state index >= 15 is 0 Å². The number of carboxylic acids is 1. The molecule has 0 bridgehead atoms. The molecular weight excluding hydrogens is 256 g/mol. The van der Waals surface area contributed by atoms with Crippen LogP contribution in [0.3, 0.4) is 0 Å². The minimum absolute atomic E-state index is 0.0288. The van der Waals surface area contributed by atoms with Crippen molar-refractivity contribution >= 4 is 11.9 Å². The Balaban J connectivity index is 2.45. The van der Waals surface area contributed by atoms with Crippen molar-refractivity contribution < 1.29 is 14.7 Å². The summed E-state index contributed by atoms with van der Waals surface area (Å²) in [6, 6.07) is 0. The van der Waals surface area contributed by atoms with Gasteiger partial charge in [-0.1, -0.05) is 19.3 Å². The summed E-state index contributed by atoms with van der Waals surface area (Å²) >= 11 is 0. The van der Waals surface area contributed by atoms with Crippen molar-refractivity contribution in [2.75, 3.05) is 6.54 Å². The maximum absolute atomic E-state index is 11.8. The third-order valence-electron chi connectivity index (χ3n) is 4.10. The lowest BCUT2D eigenvalue weighted by atomic mass is 9.71. The zero-order valence-electron chi connectivity index (χ0n) is 12.7. The van der Waals surface area contributed by atoms with Crippen LogP contribution in [0.5, 0.6) is 0 Å². The summed E-state index contributed by atoms with van der Waals surface area (Å²) < 4.78 is 0. The molecule has 0 atom stereocenters. The number of hydrogen-bond donors (Lipinski definition) is 3. The van der Waals surface area contributed by atoms with E-state index < -0.39 is 5.97 Å². The first-order valence-electron chi connectivity index (χ1n) is 7.50. The number of nitrogens with one attached hydrogen (secondary N) is 1. The zero-order valence-corrected chi connectivity index (χ0v) is 12.7. The van der Waals surface area contributed by atoms with Crippen molar-refractivity contribution in [2.45, 2.75) is 70.8 Å². The highest BCUT2D eigenvalue weighted by Gasteiger charge is 2.34. The fourth-order valence-corrected chi connectivity index (χ4v) is 2.85. The standard InChI is InChI=1S/C15H28N2O3/c1-14(2,16)9-6-12(18)17-11-15(10-13(19)20)7-4-3-5-8-15/h3-11,16H2,1-2H3,(H,17,18)(H,19,20). The molecule has 1 saturated carbocycles. The molecule has 0 aromatic rings. The predicted molar refractivity (Wildman–Crippen MR) is 78.3 cm³/mol. The molecule has 0 aliphatic heterocycles. The van der Waals surface area contributed by atoms with Crippen molar-refractivity contribution in [3.05, 3.63) is 0 Å². The van der Waals surface area contributed by atoms with Crippen molar-refractivity contribution in [3.63, 3.8) is 0 Å². The van der Waals surface area contributed by atoms with E-state index in [2.05, 4.69) is 5.32 Å². The van der Waals surface area contributed by atoms with Crippen LogP contribution in [-0.4, -0.2) is 29.1 Å². The van der Waals surface area contributed by atoms with Crippen LogP contribution in [0.1, 0.15) is 65.2 Å². The SMILES string of the molecule is CC(C)(N)CCC(=O)NCC1(CC(=O)O)CCCCC1. The van der Waals surface area contributed by atoms with Crippen LogP contribution in [0.2, 0.25) is 0 Å². The molecule has 0 spiro atoms. The second-order valence-electron chi connectivity index (χ2n) is 6.90. The first-order chi connectivity index (χ1) is 9.22. The second-order valence-corrected chi connectivity index (χ2v) is 6.90. The highest BCUT2D eigenvalue weighted by molar-refractivity contribution is 5.76. The maximum atomic E-state index is 11.8. The van der Waals surface area contributed by atoms with Crippen LogP contribution in [0, 0.1) is 5.41 Å². The van der Waals surface area contributed by atoms with Crippen molar-refractivity contribution in [3.8, 4) is 0 Å². The Morgan fingerprint density at radius 1 is 1.25 bits per heavy atom. The minimum atomic E-state index is -0.774. The van der Waals surface area contributed by atoms with Crippen LogP contribution >= 0.6 is 0 Å². The van der Waals surface area contributed by atoms with Gasteiger partial charge in [0.15, 0.2) is 0 Å². The van der Waals surface area contributed by atoms with Crippen LogP contribution in [-0.2, 0) is 9.59 Å². The van der Waals surface area contributed by atoms with Crippen LogP contribution in [0.4, 0.5) is 0 Å². The summed E-state index contributed by atoms with van der Waals surface area (Å²) in [5, 5.41) is 12.0. The van der Waals surface area contributed by atoms with Crippen LogP contribution in [0.15, 0.2) is 0 Å². The van der Waals surface area contributed by atoms with Gasteiger partial charge in [-0.25, -0.2) is 0 Å². The lowest BCUT2D eigenvalue weighted by Crippen LogP contribution is -2.41. The van der Waals surface area contributed by atoms with Gasteiger partial charge in [0.1, 0.15) is 0 Å². The zero-order chi connectivity index (χ0) is 15.2. The molecule has 0 saturated heterocycles. The van der Waals surface area contributed by atoms with Gasteiger partial charge in [-0.3, -0.25) is 9.59 Å². The fraction of sp³-hybridized carbons (Fsp3) is 0.867. The quantitative estimate of drug-likeness (QED) is 0.667. The van der Waals surface area contributed by atoms with E-state index in [1.54, 1.807) is 0 Å². The first-order valence-corrected chi connectivity index (χ1v) is 7.50. The molecule has 1 fully saturated rings. The number of rotatable bonds is 7. The van der Waals surface area contributed by atoms with Crippen LogP contribution in [0.25, 0.3) is 0 Å². The molecule has 1 amide bonds. The van der Waals surface area contributed by atoms with E-state index in [1.807, 2.05) is 13.8 Å². The summed E-state index contributed by atoms with van der Waals surface area (Å²) in [6.07, 6.45) is 6.23. The summed E-state index contributed by atoms with van der Waals surface area (Å²) in [5.41, 5.74) is 5.26. The van der Waals surface area contributed by atoms with Crippen molar-refractivity contribution in [1.82, 2.24) is 5.32 Å². The molecule has 5 nitrogen and oxygen atoms in total. The average molecular weight is 284 g/mol. The molecule has 0 heterocycles. The Labute approximate surface area is 121 Å². The van der Waals surface area contributed by atoms with E-state index in [-0.39, 0.29) is 23.3 Å². The largest absolute Gasteiger partial charge is 0.481 e. The highest BCUT2D eigenvalue weighted by Crippen LogP contribution is 2.38. The summed E-state index contributed by atoms with van der Waals surface area (Å²) in [6.45, 7) is 4.27. The van der Waals surface area contributed by atoms with Crippen LogP contribution < -0.4 is 11.1 Å².